The maximum Gasteiger partial charge on any atom is 0.220 e. The molecule has 1 aromatic heterocycles. The van der Waals surface area contributed by atoms with E-state index in [9.17, 15) is 4.79 Å². The largest absolute Gasteiger partial charge is 0.496 e. The number of benzene rings is 2. The van der Waals surface area contributed by atoms with E-state index in [0.717, 1.165) is 28.3 Å². The Morgan fingerprint density at radius 3 is 2.66 bits per heavy atom. The lowest BCUT2D eigenvalue weighted by Gasteiger charge is -2.38. The van der Waals surface area contributed by atoms with Crippen molar-refractivity contribution < 1.29 is 19.2 Å². The fourth-order valence-corrected chi connectivity index (χ4v) is 8.77. The Kier molecular flexibility index (Phi) is 7.92. The topological polar surface area (TPSA) is 92.3 Å². The number of nitrogens with zero attached hydrogens (tertiary/aromatic N) is 4. The molecule has 1 aliphatic carbocycles. The van der Waals surface area contributed by atoms with Gasteiger partial charge in [-0.1, -0.05) is 42.1 Å². The monoisotopic (exact) mass is 568 g/mol. The van der Waals surface area contributed by atoms with Gasteiger partial charge < -0.3 is 15.2 Å². The number of rotatable bonds is 8. The van der Waals surface area contributed by atoms with Crippen LogP contribution in [0, 0.1) is 6.92 Å². The molecular formula is C32H38N5O3Si+. The summed E-state index contributed by atoms with van der Waals surface area (Å²) in [6.07, 6.45) is 9.43. The normalized spacial score (nSPS) is 15.3. The van der Waals surface area contributed by atoms with Crippen molar-refractivity contribution in [1.29, 1.82) is 0 Å². The van der Waals surface area contributed by atoms with Gasteiger partial charge in [0, 0.05) is 37.1 Å². The number of carbonyl (C=O) groups is 1. The van der Waals surface area contributed by atoms with E-state index < -0.39 is 8.07 Å². The van der Waals surface area contributed by atoms with Gasteiger partial charge >= 0.3 is 0 Å². The van der Waals surface area contributed by atoms with Gasteiger partial charge in [0.15, 0.2) is 5.71 Å². The molecule has 0 saturated heterocycles. The summed E-state index contributed by atoms with van der Waals surface area (Å²) in [7, 11) is 3.88. The maximum atomic E-state index is 12.0. The average molecular weight is 569 g/mol. The van der Waals surface area contributed by atoms with Gasteiger partial charge in [-0.3, -0.25) is 4.79 Å². The minimum atomic E-state index is -2.01. The first kappa shape index (κ1) is 28.4. The van der Waals surface area contributed by atoms with Crippen LogP contribution in [0.3, 0.4) is 0 Å². The Bertz CT molecular complexity index is 1640. The van der Waals surface area contributed by atoms with Crippen molar-refractivity contribution in [3.05, 3.63) is 94.0 Å². The van der Waals surface area contributed by atoms with Crippen LogP contribution in [0.15, 0.2) is 71.6 Å². The quantitative estimate of drug-likeness (QED) is 0.322. The summed E-state index contributed by atoms with van der Waals surface area (Å²) in [5, 5.41) is 23.1. The lowest BCUT2D eigenvalue weighted by molar-refractivity contribution is -0.462. The number of aromatic nitrogens is 3. The number of hydrogen-bond acceptors (Lipinski definition) is 5. The Hall–Kier alpha value is -4.08. The molecule has 0 fully saturated rings. The van der Waals surface area contributed by atoms with Crippen molar-refractivity contribution in [2.45, 2.75) is 32.9 Å². The Balaban J connectivity index is 1.62. The number of fused-ring (bicyclic) bond motifs is 2. The third-order valence-electron chi connectivity index (χ3n) is 7.88. The van der Waals surface area contributed by atoms with Crippen molar-refractivity contribution >= 4 is 30.5 Å². The highest BCUT2D eigenvalue weighted by molar-refractivity contribution is 6.98. The average Bonchev–Trinajstić information content (AvgIpc) is 3.44. The van der Waals surface area contributed by atoms with Crippen LogP contribution < -0.4 is 15.2 Å². The molecule has 41 heavy (non-hydrogen) atoms. The molecule has 1 aliphatic heterocycles. The Morgan fingerprint density at radius 2 is 1.93 bits per heavy atom. The standard InChI is InChI=1S/C32H37N5O3Si/c1-21-7-11-25-29(17-21)41(5,6)30-19-23(36(2)3)9-12-26(30)32(25)27-18-24(10-13-28(27)40-4)37-20-22(34-35-37)8-14-31(39)33-15-16-38/h7,9-13,17-20,38H,8,14-16H2,1-6H3/p+1. The number of carbonyl (C=O) groups excluding carboxylic acids is 1. The molecule has 0 atom stereocenters. The molecule has 3 aromatic rings. The van der Waals surface area contributed by atoms with Crippen LogP contribution >= 0.6 is 0 Å². The van der Waals surface area contributed by atoms with Crippen LogP contribution in [-0.2, 0) is 11.2 Å². The van der Waals surface area contributed by atoms with Crippen LogP contribution in [0.2, 0.25) is 13.1 Å². The number of aryl methyl sites for hydroxylation is 2. The highest BCUT2D eigenvalue weighted by atomic mass is 28.3. The van der Waals surface area contributed by atoms with E-state index in [-0.39, 0.29) is 25.5 Å². The Morgan fingerprint density at radius 1 is 1.12 bits per heavy atom. The second-order valence-electron chi connectivity index (χ2n) is 11.3. The van der Waals surface area contributed by atoms with Gasteiger partial charge in [0.2, 0.25) is 5.91 Å². The van der Waals surface area contributed by atoms with Gasteiger partial charge in [0.05, 0.1) is 31.3 Å². The molecule has 2 aliphatic rings. The molecule has 0 radical (unpaired) electrons. The van der Waals surface area contributed by atoms with Gasteiger partial charge in [0.25, 0.3) is 0 Å². The van der Waals surface area contributed by atoms with E-state index in [4.69, 9.17) is 9.84 Å². The zero-order chi connectivity index (χ0) is 29.3. The van der Waals surface area contributed by atoms with Crippen LogP contribution in [0.1, 0.15) is 28.8 Å². The summed E-state index contributed by atoms with van der Waals surface area (Å²) in [5.41, 5.74) is 8.69. The predicted molar refractivity (Wildman–Crippen MR) is 165 cm³/mol. The summed E-state index contributed by atoms with van der Waals surface area (Å²) < 4.78 is 9.84. The number of methoxy groups -OCH3 is 1. The lowest BCUT2D eigenvalue weighted by Crippen LogP contribution is -2.49. The summed E-state index contributed by atoms with van der Waals surface area (Å²) >= 11 is 0. The van der Waals surface area contributed by atoms with E-state index in [0.29, 0.717) is 6.42 Å². The van der Waals surface area contributed by atoms with Crippen LogP contribution in [0.5, 0.6) is 5.75 Å². The summed E-state index contributed by atoms with van der Waals surface area (Å²) in [4.78, 5) is 12.0. The van der Waals surface area contributed by atoms with Gasteiger partial charge in [-0.2, -0.15) is 0 Å². The molecule has 212 valence electrons. The molecule has 5 rings (SSSR count). The molecule has 9 heteroatoms. The summed E-state index contributed by atoms with van der Waals surface area (Å²) in [6.45, 7) is 7.21. The van der Waals surface area contributed by atoms with E-state index >= 15 is 0 Å². The number of amides is 1. The van der Waals surface area contributed by atoms with E-state index in [1.54, 1.807) is 11.8 Å². The number of ether oxygens (including phenoxy) is 1. The molecule has 2 aromatic carbocycles. The first-order valence-corrected chi connectivity index (χ1v) is 16.9. The highest BCUT2D eigenvalue weighted by Gasteiger charge is 2.40. The number of aliphatic hydroxyl groups is 1. The molecular weight excluding hydrogens is 530 g/mol. The number of aliphatic hydroxyl groups excluding tert-OH is 1. The summed E-state index contributed by atoms with van der Waals surface area (Å²) in [5.74, 6) is 0.672. The van der Waals surface area contributed by atoms with Crippen molar-refractivity contribution in [2.75, 3.05) is 34.4 Å². The van der Waals surface area contributed by atoms with Gasteiger partial charge in [-0.05, 0) is 58.3 Å². The van der Waals surface area contributed by atoms with E-state index in [1.807, 2.05) is 18.3 Å². The first-order valence-electron chi connectivity index (χ1n) is 13.9. The van der Waals surface area contributed by atoms with Gasteiger partial charge in [-0.25, -0.2) is 9.26 Å². The zero-order valence-electron chi connectivity index (χ0n) is 24.7. The molecule has 0 spiro atoms. The second kappa shape index (κ2) is 11.4. The van der Waals surface area contributed by atoms with Crippen molar-refractivity contribution in [3.63, 3.8) is 0 Å². The van der Waals surface area contributed by atoms with Gasteiger partial charge in [0.1, 0.15) is 27.9 Å². The molecule has 0 saturated carbocycles. The summed E-state index contributed by atoms with van der Waals surface area (Å²) in [6, 6.07) is 12.9. The smallest absolute Gasteiger partial charge is 0.220 e. The van der Waals surface area contributed by atoms with Crippen LogP contribution in [0.25, 0.3) is 11.3 Å². The molecule has 2 N–H and O–H groups in total. The molecule has 0 bridgehead atoms. The molecule has 0 unspecified atom stereocenters. The third-order valence-corrected chi connectivity index (χ3v) is 11.4. The van der Waals surface area contributed by atoms with Gasteiger partial charge in [-0.15, -0.1) is 5.10 Å². The first-order chi connectivity index (χ1) is 19.6. The second-order valence-corrected chi connectivity index (χ2v) is 15.6. The number of hydrogen-bond donors (Lipinski definition) is 2. The van der Waals surface area contributed by atoms with E-state index in [1.165, 1.54) is 32.8 Å². The lowest BCUT2D eigenvalue weighted by atomic mass is 9.88. The number of allylic oxidation sites excluding steroid dienone is 5. The fraction of sp³-hybridized carbons (Fsp3) is 0.312. The predicted octanol–water partition coefficient (Wildman–Crippen LogP) is 3.10. The van der Waals surface area contributed by atoms with Crippen LogP contribution in [-0.4, -0.2) is 78.7 Å². The van der Waals surface area contributed by atoms with Crippen LogP contribution in [0.4, 0.5) is 0 Å². The zero-order valence-corrected chi connectivity index (χ0v) is 25.7. The van der Waals surface area contributed by atoms with Crippen molar-refractivity contribution in [1.82, 2.24) is 20.3 Å². The highest BCUT2D eigenvalue weighted by Crippen LogP contribution is 2.44. The van der Waals surface area contributed by atoms with Crippen molar-refractivity contribution in [2.24, 2.45) is 0 Å². The number of nitrogens with one attached hydrogen (secondary N) is 1. The molecule has 2 heterocycles. The fourth-order valence-electron chi connectivity index (χ4n) is 5.62. The third kappa shape index (κ3) is 5.47. The SMILES string of the molecule is COc1ccc(-n2cc(CCC(=O)NCCO)nn2)cc1C1=C2C=CC(=[N+](C)C)C=C2[Si](C)(C)c2cc(C)ccc21. The Labute approximate surface area is 242 Å². The molecule has 8 nitrogen and oxygen atoms in total. The van der Waals surface area contributed by atoms with E-state index in [2.05, 4.69) is 96.8 Å². The minimum Gasteiger partial charge on any atom is -0.496 e. The molecule has 1 amide bonds. The minimum absolute atomic E-state index is 0.0776. The maximum absolute atomic E-state index is 12.0. The van der Waals surface area contributed by atoms with Crippen molar-refractivity contribution in [3.8, 4) is 11.4 Å².